The molecule has 1 aliphatic rings. The molecule has 1 fully saturated rings. The number of hydrogen-bond acceptors (Lipinski definition) is 3. The van der Waals surface area contributed by atoms with E-state index < -0.39 is 0 Å². The second-order valence-electron chi connectivity index (χ2n) is 4.44. The second kappa shape index (κ2) is 5.87. The van der Waals surface area contributed by atoms with Gasteiger partial charge in [0.05, 0.1) is 12.8 Å². The van der Waals surface area contributed by atoms with Crippen molar-refractivity contribution in [2.24, 2.45) is 5.92 Å². The van der Waals surface area contributed by atoms with E-state index in [1.54, 1.807) is 13.2 Å². The molecule has 17 heavy (non-hydrogen) atoms. The zero-order chi connectivity index (χ0) is 12.1. The molecular formula is C13H19FN2O. The molecule has 1 aliphatic heterocycles. The average Bonchev–Trinajstić information content (AvgIpc) is 2.38. The van der Waals surface area contributed by atoms with E-state index in [4.69, 9.17) is 4.74 Å². The van der Waals surface area contributed by atoms with Crippen LogP contribution in [0.2, 0.25) is 0 Å². The van der Waals surface area contributed by atoms with Crippen LogP contribution < -0.4 is 15.4 Å². The van der Waals surface area contributed by atoms with Gasteiger partial charge in [0.2, 0.25) is 0 Å². The minimum Gasteiger partial charge on any atom is -0.494 e. The van der Waals surface area contributed by atoms with Gasteiger partial charge in [-0.15, -0.1) is 0 Å². The number of anilines is 1. The first-order valence-corrected chi connectivity index (χ1v) is 6.07. The van der Waals surface area contributed by atoms with Gasteiger partial charge < -0.3 is 15.4 Å². The smallest absolute Gasteiger partial charge is 0.144 e. The number of halogens is 1. The summed E-state index contributed by atoms with van der Waals surface area (Å²) in [6.45, 7) is 3.07. The molecule has 0 spiro atoms. The molecule has 1 atom stereocenters. The van der Waals surface area contributed by atoms with E-state index in [0.29, 0.717) is 11.7 Å². The lowest BCUT2D eigenvalue weighted by molar-refractivity contribution is 0.390. The molecule has 0 aromatic heterocycles. The lowest BCUT2D eigenvalue weighted by Gasteiger charge is -2.23. The highest BCUT2D eigenvalue weighted by atomic mass is 19.1. The molecule has 0 saturated carbocycles. The molecule has 1 aromatic rings. The van der Waals surface area contributed by atoms with Crippen LogP contribution in [0.4, 0.5) is 10.1 Å². The first-order valence-electron chi connectivity index (χ1n) is 6.07. The summed E-state index contributed by atoms with van der Waals surface area (Å²) in [7, 11) is 1.56. The summed E-state index contributed by atoms with van der Waals surface area (Å²) in [5.41, 5.74) is 0.861. The van der Waals surface area contributed by atoms with Crippen molar-refractivity contribution in [3.05, 3.63) is 24.0 Å². The van der Waals surface area contributed by atoms with E-state index in [9.17, 15) is 4.39 Å². The van der Waals surface area contributed by atoms with Gasteiger partial charge in [-0.3, -0.25) is 0 Å². The fraction of sp³-hybridized carbons (Fsp3) is 0.538. The maximum Gasteiger partial charge on any atom is 0.144 e. The van der Waals surface area contributed by atoms with Crippen LogP contribution in [0.5, 0.6) is 5.75 Å². The molecule has 0 aliphatic carbocycles. The number of nitrogens with one attached hydrogen (secondary N) is 2. The zero-order valence-corrected chi connectivity index (χ0v) is 10.1. The van der Waals surface area contributed by atoms with Crippen molar-refractivity contribution in [3.8, 4) is 5.75 Å². The quantitative estimate of drug-likeness (QED) is 0.844. The number of piperidine rings is 1. The van der Waals surface area contributed by atoms with Crippen molar-refractivity contribution < 1.29 is 9.13 Å². The fourth-order valence-electron chi connectivity index (χ4n) is 2.16. The van der Waals surface area contributed by atoms with Crippen LogP contribution in [0.3, 0.4) is 0 Å². The Hall–Kier alpha value is -1.29. The molecule has 0 radical (unpaired) electrons. The fourth-order valence-corrected chi connectivity index (χ4v) is 2.16. The van der Waals surface area contributed by atoms with Crippen LogP contribution in [0.1, 0.15) is 12.8 Å². The van der Waals surface area contributed by atoms with Crippen molar-refractivity contribution in [2.75, 3.05) is 32.1 Å². The highest BCUT2D eigenvalue weighted by Gasteiger charge is 2.13. The van der Waals surface area contributed by atoms with Gasteiger partial charge in [0.15, 0.2) is 0 Å². The number of hydrogen-bond donors (Lipinski definition) is 2. The number of methoxy groups -OCH3 is 1. The summed E-state index contributed by atoms with van der Waals surface area (Å²) in [5, 5.41) is 6.71. The molecule has 0 amide bonds. The first kappa shape index (κ1) is 12.2. The largest absolute Gasteiger partial charge is 0.494 e. The molecule has 1 aromatic carbocycles. The molecule has 1 unspecified atom stereocenters. The van der Waals surface area contributed by atoms with Gasteiger partial charge in [-0.2, -0.15) is 0 Å². The molecule has 94 valence electrons. The molecule has 3 nitrogen and oxygen atoms in total. The van der Waals surface area contributed by atoms with Gasteiger partial charge in [-0.05, 0) is 44.0 Å². The standard InChI is InChI=1S/C13H19FN2O/c1-17-13-7-11(14)4-5-12(13)16-9-10-3-2-6-15-8-10/h4-5,7,10,15-16H,2-3,6,8-9H2,1H3. The van der Waals surface area contributed by atoms with Gasteiger partial charge >= 0.3 is 0 Å². The van der Waals surface area contributed by atoms with E-state index in [1.807, 2.05) is 0 Å². The predicted octanol–water partition coefficient (Wildman–Crippen LogP) is 2.25. The molecule has 2 N–H and O–H groups in total. The monoisotopic (exact) mass is 238 g/mol. The summed E-state index contributed by atoms with van der Waals surface area (Å²) in [6.07, 6.45) is 2.47. The lowest BCUT2D eigenvalue weighted by atomic mass is 10.00. The Labute approximate surface area is 101 Å². The Morgan fingerprint density at radius 3 is 3.12 bits per heavy atom. The van der Waals surface area contributed by atoms with Crippen LogP contribution in [0.15, 0.2) is 18.2 Å². The van der Waals surface area contributed by atoms with Crippen molar-refractivity contribution in [1.82, 2.24) is 5.32 Å². The van der Waals surface area contributed by atoms with Crippen LogP contribution >= 0.6 is 0 Å². The van der Waals surface area contributed by atoms with Crippen molar-refractivity contribution in [2.45, 2.75) is 12.8 Å². The average molecular weight is 238 g/mol. The highest BCUT2D eigenvalue weighted by molar-refractivity contribution is 5.56. The molecule has 1 saturated heterocycles. The maximum atomic E-state index is 13.0. The van der Waals surface area contributed by atoms with E-state index >= 15 is 0 Å². The van der Waals surface area contributed by atoms with E-state index in [2.05, 4.69) is 10.6 Å². The Morgan fingerprint density at radius 1 is 1.53 bits per heavy atom. The van der Waals surface area contributed by atoms with Crippen molar-refractivity contribution in [3.63, 3.8) is 0 Å². The van der Waals surface area contributed by atoms with E-state index in [-0.39, 0.29) is 5.82 Å². The third-order valence-corrected chi connectivity index (χ3v) is 3.14. The third-order valence-electron chi connectivity index (χ3n) is 3.14. The Bertz CT molecular complexity index is 364. The third kappa shape index (κ3) is 3.33. The highest BCUT2D eigenvalue weighted by Crippen LogP contribution is 2.25. The summed E-state index contributed by atoms with van der Waals surface area (Å²) in [5.74, 6) is 0.930. The van der Waals surface area contributed by atoms with Gasteiger partial charge in [0.25, 0.3) is 0 Å². The Morgan fingerprint density at radius 2 is 2.41 bits per heavy atom. The predicted molar refractivity (Wildman–Crippen MR) is 67.0 cm³/mol. The van der Waals surface area contributed by atoms with Crippen LogP contribution in [-0.4, -0.2) is 26.7 Å². The van der Waals surface area contributed by atoms with Gasteiger partial charge in [0.1, 0.15) is 11.6 Å². The topological polar surface area (TPSA) is 33.3 Å². The maximum absolute atomic E-state index is 13.0. The number of benzene rings is 1. The minimum atomic E-state index is -0.272. The lowest BCUT2D eigenvalue weighted by Crippen LogP contribution is -2.33. The molecule has 2 rings (SSSR count). The minimum absolute atomic E-state index is 0.272. The Kier molecular flexibility index (Phi) is 4.20. The van der Waals surface area contributed by atoms with Crippen molar-refractivity contribution >= 4 is 5.69 Å². The summed E-state index contributed by atoms with van der Waals surface area (Å²) in [6, 6.07) is 4.58. The summed E-state index contributed by atoms with van der Waals surface area (Å²) in [4.78, 5) is 0. The van der Waals surface area contributed by atoms with Crippen LogP contribution in [-0.2, 0) is 0 Å². The van der Waals surface area contributed by atoms with E-state index in [1.165, 1.54) is 25.0 Å². The molecule has 4 heteroatoms. The molecular weight excluding hydrogens is 219 g/mol. The SMILES string of the molecule is COc1cc(F)ccc1NCC1CCCNC1. The van der Waals surface area contributed by atoms with Gasteiger partial charge in [0, 0.05) is 12.6 Å². The normalized spacial score (nSPS) is 20.0. The Balaban J connectivity index is 1.93. The summed E-state index contributed by atoms with van der Waals surface area (Å²) < 4.78 is 18.2. The first-order chi connectivity index (χ1) is 8.29. The van der Waals surface area contributed by atoms with Gasteiger partial charge in [-0.1, -0.05) is 0 Å². The second-order valence-corrected chi connectivity index (χ2v) is 4.44. The van der Waals surface area contributed by atoms with Crippen LogP contribution in [0, 0.1) is 11.7 Å². The number of rotatable bonds is 4. The van der Waals surface area contributed by atoms with Gasteiger partial charge in [-0.25, -0.2) is 4.39 Å². The zero-order valence-electron chi connectivity index (χ0n) is 10.1. The molecule has 0 bridgehead atoms. The van der Waals surface area contributed by atoms with Crippen LogP contribution in [0.25, 0.3) is 0 Å². The summed E-state index contributed by atoms with van der Waals surface area (Å²) >= 11 is 0. The van der Waals surface area contributed by atoms with E-state index in [0.717, 1.165) is 25.3 Å². The number of ether oxygens (including phenoxy) is 1. The molecule has 1 heterocycles. The van der Waals surface area contributed by atoms with Crippen molar-refractivity contribution in [1.29, 1.82) is 0 Å².